The fourth-order valence-corrected chi connectivity index (χ4v) is 6.81. The molecular formula is C30H37N3O5. The van der Waals surface area contributed by atoms with Crippen LogP contribution in [0, 0.1) is 0 Å². The number of carbonyl (C=O) groups is 2. The number of hydrogen-bond donors (Lipinski definition) is 2. The molecule has 2 aromatic carbocycles. The largest absolute Gasteiger partial charge is 0.504 e. The highest BCUT2D eigenvalue weighted by atomic mass is 16.5. The van der Waals surface area contributed by atoms with Gasteiger partial charge in [0.15, 0.2) is 11.5 Å². The molecule has 2 aromatic rings. The first-order valence-electron chi connectivity index (χ1n) is 14.0. The number of nitrogens with zero attached hydrogens (tertiary/aromatic N) is 2. The van der Waals surface area contributed by atoms with Gasteiger partial charge in [0.05, 0.1) is 19.3 Å². The van der Waals surface area contributed by atoms with E-state index in [9.17, 15) is 14.7 Å². The summed E-state index contributed by atoms with van der Waals surface area (Å²) in [6.07, 6.45) is 5.94. The maximum atomic E-state index is 14.4. The Labute approximate surface area is 223 Å². The molecule has 2 atom stereocenters. The third kappa shape index (κ3) is 4.87. The summed E-state index contributed by atoms with van der Waals surface area (Å²) >= 11 is 0. The van der Waals surface area contributed by atoms with Gasteiger partial charge in [-0.2, -0.15) is 0 Å². The fraction of sp³-hybridized carbons (Fsp3) is 0.533. The van der Waals surface area contributed by atoms with Crippen LogP contribution in [-0.4, -0.2) is 77.7 Å². The highest BCUT2D eigenvalue weighted by Gasteiger charge is 2.50. The lowest BCUT2D eigenvalue weighted by Gasteiger charge is -2.48. The molecule has 0 spiro atoms. The third-order valence-electron chi connectivity index (χ3n) is 8.83. The van der Waals surface area contributed by atoms with Crippen LogP contribution < -0.4 is 10.1 Å². The van der Waals surface area contributed by atoms with Crippen molar-refractivity contribution in [2.24, 2.45) is 0 Å². The maximum absolute atomic E-state index is 14.4. The number of likely N-dealkylation sites (tertiary alicyclic amines) is 1. The first-order valence-corrected chi connectivity index (χ1v) is 14.0. The first kappa shape index (κ1) is 25.2. The molecule has 6 rings (SSSR count). The minimum Gasteiger partial charge on any atom is -0.504 e. The van der Waals surface area contributed by atoms with Crippen LogP contribution in [0.1, 0.15) is 55.6 Å². The van der Waals surface area contributed by atoms with Crippen molar-refractivity contribution >= 4 is 11.8 Å². The number of amides is 2. The standard InChI is InChI=1S/C30H37N3O5/c34-26-9-7-21-8-10-28(35)31-25-20-32(19-24(25)22-5-4-6-23(18-22)38-27(26)17-21)29(36)30(11-2-1-3-12-30)33-13-15-37-16-14-33/h4-7,9,17-18,24-25,34H,1-3,8,10-16,19-20H2,(H,31,35)/t24-,25+/m0/s1. The lowest BCUT2D eigenvalue weighted by molar-refractivity contribution is -0.150. The molecule has 1 saturated carbocycles. The van der Waals surface area contributed by atoms with Gasteiger partial charge in [-0.25, -0.2) is 0 Å². The van der Waals surface area contributed by atoms with Crippen LogP contribution in [0.4, 0.5) is 0 Å². The van der Waals surface area contributed by atoms with E-state index in [1.165, 1.54) is 6.42 Å². The summed E-state index contributed by atoms with van der Waals surface area (Å²) < 4.78 is 11.7. The molecule has 0 radical (unpaired) electrons. The van der Waals surface area contributed by atoms with Crippen molar-refractivity contribution < 1.29 is 24.2 Å². The molecule has 0 aromatic heterocycles. The number of morpholine rings is 1. The van der Waals surface area contributed by atoms with Gasteiger partial charge in [0.2, 0.25) is 11.8 Å². The Morgan fingerprint density at radius 2 is 1.82 bits per heavy atom. The number of fused-ring (bicyclic) bond motifs is 6. The molecule has 38 heavy (non-hydrogen) atoms. The number of ether oxygens (including phenoxy) is 2. The molecule has 202 valence electrons. The Kier molecular flexibility index (Phi) is 7.01. The van der Waals surface area contributed by atoms with Crippen LogP contribution in [0.25, 0.3) is 0 Å². The van der Waals surface area contributed by atoms with Gasteiger partial charge < -0.3 is 24.8 Å². The molecule has 1 aliphatic carbocycles. The number of carbonyl (C=O) groups excluding carboxylic acids is 2. The number of benzene rings is 2. The molecule has 2 saturated heterocycles. The Bertz CT molecular complexity index is 1190. The zero-order chi connectivity index (χ0) is 26.1. The van der Waals surface area contributed by atoms with Crippen molar-refractivity contribution in [2.45, 2.75) is 62.4 Å². The lowest BCUT2D eigenvalue weighted by Crippen LogP contribution is -2.62. The number of nitrogens with one attached hydrogen (secondary N) is 1. The number of hydrogen-bond acceptors (Lipinski definition) is 6. The SMILES string of the molecule is O=C1CCc2ccc(O)c(c2)Oc2cccc(c2)[C@@H]2CN(C(=O)C3(N4CCOCC4)CCCCC3)C[C@H]2N1. The molecule has 2 N–H and O–H groups in total. The van der Waals surface area contributed by atoms with Gasteiger partial charge in [0.1, 0.15) is 11.3 Å². The number of aromatic hydroxyl groups is 1. The van der Waals surface area contributed by atoms with Gasteiger partial charge in [-0.3, -0.25) is 14.5 Å². The quantitative estimate of drug-likeness (QED) is 0.631. The number of rotatable bonds is 2. The van der Waals surface area contributed by atoms with Crippen molar-refractivity contribution in [3.8, 4) is 17.2 Å². The summed E-state index contributed by atoms with van der Waals surface area (Å²) in [6.45, 7) is 3.96. The van der Waals surface area contributed by atoms with Crippen LogP contribution in [0.5, 0.6) is 17.2 Å². The molecule has 4 bridgehead atoms. The molecule has 3 aliphatic heterocycles. The summed E-state index contributed by atoms with van der Waals surface area (Å²) in [6, 6.07) is 12.9. The summed E-state index contributed by atoms with van der Waals surface area (Å²) in [5.74, 6) is 1.20. The van der Waals surface area contributed by atoms with Gasteiger partial charge >= 0.3 is 0 Å². The van der Waals surface area contributed by atoms with Crippen molar-refractivity contribution in [1.82, 2.24) is 15.1 Å². The third-order valence-corrected chi connectivity index (χ3v) is 8.83. The van der Waals surface area contributed by atoms with Crippen molar-refractivity contribution in [2.75, 3.05) is 39.4 Å². The van der Waals surface area contributed by atoms with Gasteiger partial charge in [-0.1, -0.05) is 37.5 Å². The molecule has 8 nitrogen and oxygen atoms in total. The molecule has 8 heteroatoms. The molecule has 4 aliphatic rings. The maximum Gasteiger partial charge on any atom is 0.243 e. The lowest BCUT2D eigenvalue weighted by atomic mass is 9.78. The number of phenolic OH excluding ortho intramolecular Hbond substituents is 1. The average Bonchev–Trinajstić information content (AvgIpc) is 3.37. The number of aryl methyl sites for hydroxylation is 1. The second-order valence-corrected chi connectivity index (χ2v) is 11.2. The Morgan fingerprint density at radius 1 is 1.00 bits per heavy atom. The van der Waals surface area contributed by atoms with Crippen LogP contribution >= 0.6 is 0 Å². The molecule has 2 amide bonds. The van der Waals surface area contributed by atoms with E-state index in [2.05, 4.69) is 10.2 Å². The zero-order valence-corrected chi connectivity index (χ0v) is 21.9. The van der Waals surface area contributed by atoms with Crippen LogP contribution in [-0.2, 0) is 20.7 Å². The van der Waals surface area contributed by atoms with Crippen LogP contribution in [0.3, 0.4) is 0 Å². The highest BCUT2D eigenvalue weighted by Crippen LogP contribution is 2.40. The Balaban J connectivity index is 1.31. The zero-order valence-electron chi connectivity index (χ0n) is 21.9. The fourth-order valence-electron chi connectivity index (χ4n) is 6.81. The van der Waals surface area contributed by atoms with E-state index in [1.54, 1.807) is 12.1 Å². The first-order chi connectivity index (χ1) is 18.5. The molecule has 0 unspecified atom stereocenters. The summed E-state index contributed by atoms with van der Waals surface area (Å²) in [5, 5.41) is 13.6. The van der Waals surface area contributed by atoms with Crippen LogP contribution in [0.2, 0.25) is 0 Å². The van der Waals surface area contributed by atoms with Crippen molar-refractivity contribution in [3.05, 3.63) is 53.6 Å². The van der Waals surface area contributed by atoms with Gasteiger partial charge in [0, 0.05) is 38.5 Å². The smallest absolute Gasteiger partial charge is 0.243 e. The van der Waals surface area contributed by atoms with E-state index < -0.39 is 5.54 Å². The monoisotopic (exact) mass is 519 g/mol. The highest BCUT2D eigenvalue weighted by molar-refractivity contribution is 5.87. The topological polar surface area (TPSA) is 91.3 Å². The Hall–Kier alpha value is -3.10. The minimum atomic E-state index is -0.475. The summed E-state index contributed by atoms with van der Waals surface area (Å²) in [4.78, 5) is 31.8. The number of phenols is 1. The van der Waals surface area contributed by atoms with Crippen molar-refractivity contribution in [3.63, 3.8) is 0 Å². The van der Waals surface area contributed by atoms with Gasteiger partial charge in [-0.15, -0.1) is 0 Å². The van der Waals surface area contributed by atoms with Gasteiger partial charge in [-0.05, 0) is 54.7 Å². The molecule has 3 fully saturated rings. The second-order valence-electron chi connectivity index (χ2n) is 11.2. The normalized spacial score (nSPS) is 25.7. The summed E-state index contributed by atoms with van der Waals surface area (Å²) in [5.41, 5.74) is 1.47. The predicted molar refractivity (Wildman–Crippen MR) is 142 cm³/mol. The molecule has 3 heterocycles. The van der Waals surface area contributed by atoms with Crippen molar-refractivity contribution in [1.29, 1.82) is 0 Å². The van der Waals surface area contributed by atoms with E-state index >= 15 is 0 Å². The minimum absolute atomic E-state index is 0.0270. The Morgan fingerprint density at radius 3 is 2.63 bits per heavy atom. The predicted octanol–water partition coefficient (Wildman–Crippen LogP) is 3.58. The van der Waals surface area contributed by atoms with E-state index in [0.717, 1.165) is 49.9 Å². The second kappa shape index (κ2) is 10.6. The van der Waals surface area contributed by atoms with Crippen LogP contribution in [0.15, 0.2) is 42.5 Å². The van der Waals surface area contributed by atoms with E-state index in [-0.39, 0.29) is 29.5 Å². The average molecular weight is 520 g/mol. The van der Waals surface area contributed by atoms with E-state index in [0.29, 0.717) is 50.6 Å². The molecular weight excluding hydrogens is 482 g/mol. The van der Waals surface area contributed by atoms with Gasteiger partial charge in [0.25, 0.3) is 0 Å². The van der Waals surface area contributed by atoms with E-state index in [4.69, 9.17) is 9.47 Å². The van der Waals surface area contributed by atoms with E-state index in [1.807, 2.05) is 35.2 Å². The summed E-state index contributed by atoms with van der Waals surface area (Å²) in [7, 11) is 0.